The summed E-state index contributed by atoms with van der Waals surface area (Å²) >= 11 is 0. The Morgan fingerprint density at radius 3 is 2.81 bits per heavy atom. The number of ether oxygens (including phenoxy) is 1. The predicted molar refractivity (Wildman–Crippen MR) is 116 cm³/mol. The maximum absolute atomic E-state index is 14.0. The first-order valence-corrected chi connectivity index (χ1v) is 10.5. The monoisotopic (exact) mass is 421 g/mol. The van der Waals surface area contributed by atoms with Crippen LogP contribution in [0.4, 0.5) is 4.39 Å². The van der Waals surface area contributed by atoms with E-state index in [0.29, 0.717) is 18.6 Å². The summed E-state index contributed by atoms with van der Waals surface area (Å²) in [6.45, 7) is 6.38. The second-order valence-corrected chi connectivity index (χ2v) is 8.64. The third-order valence-corrected chi connectivity index (χ3v) is 6.23. The lowest BCUT2D eigenvalue weighted by molar-refractivity contribution is -0.147. The van der Waals surface area contributed by atoms with Crippen LogP contribution in [-0.2, 0) is 9.53 Å². The summed E-state index contributed by atoms with van der Waals surface area (Å²) in [5.41, 5.74) is 5.58. The molecule has 0 amide bonds. The maximum atomic E-state index is 14.0. The summed E-state index contributed by atoms with van der Waals surface area (Å²) in [4.78, 5) is 11.5. The van der Waals surface area contributed by atoms with Crippen LogP contribution in [0, 0.1) is 12.7 Å². The molecule has 1 aliphatic heterocycles. The minimum Gasteiger partial charge on any atom is -0.479 e. The summed E-state index contributed by atoms with van der Waals surface area (Å²) in [5.74, 6) is -1.04. The number of H-pyrrole nitrogens is 1. The molecule has 0 radical (unpaired) electrons. The van der Waals surface area contributed by atoms with Crippen LogP contribution in [0.15, 0.2) is 36.5 Å². The van der Waals surface area contributed by atoms with Crippen molar-refractivity contribution in [1.82, 2.24) is 14.8 Å². The molecule has 1 fully saturated rings. The number of carbonyl (C=O) groups is 1. The Labute approximate surface area is 178 Å². The number of halogens is 1. The Morgan fingerprint density at radius 2 is 2.13 bits per heavy atom. The third kappa shape index (κ3) is 3.11. The van der Waals surface area contributed by atoms with Gasteiger partial charge >= 0.3 is 5.97 Å². The average molecular weight is 421 g/mol. The first-order chi connectivity index (χ1) is 14.8. The maximum Gasteiger partial charge on any atom is 0.332 e. The lowest BCUT2D eigenvalue weighted by atomic mass is 9.90. The number of nitrogens with one attached hydrogen (secondary N) is 1. The van der Waals surface area contributed by atoms with Crippen molar-refractivity contribution in [3.05, 3.63) is 59.2 Å². The van der Waals surface area contributed by atoms with E-state index >= 15 is 0 Å². The number of benzene rings is 2. The van der Waals surface area contributed by atoms with Crippen molar-refractivity contribution in [1.29, 1.82) is 0 Å². The van der Waals surface area contributed by atoms with E-state index in [0.717, 1.165) is 38.8 Å². The van der Waals surface area contributed by atoms with Gasteiger partial charge in [0.25, 0.3) is 0 Å². The lowest BCUT2D eigenvalue weighted by Crippen LogP contribution is -2.18. The largest absolute Gasteiger partial charge is 0.479 e. The van der Waals surface area contributed by atoms with Crippen molar-refractivity contribution in [3.63, 3.8) is 0 Å². The van der Waals surface area contributed by atoms with Crippen molar-refractivity contribution in [2.45, 2.75) is 45.1 Å². The molecule has 1 saturated heterocycles. The molecule has 4 aromatic rings. The molecular formula is C24H24FN3O3. The van der Waals surface area contributed by atoms with Gasteiger partial charge in [0.1, 0.15) is 5.82 Å². The lowest BCUT2D eigenvalue weighted by Gasteiger charge is -2.18. The van der Waals surface area contributed by atoms with Crippen LogP contribution < -0.4 is 0 Å². The summed E-state index contributed by atoms with van der Waals surface area (Å²) in [6.07, 6.45) is 1.42. The summed E-state index contributed by atoms with van der Waals surface area (Å²) in [5, 5.41) is 18.7. The van der Waals surface area contributed by atoms with Gasteiger partial charge in [-0.1, -0.05) is 13.8 Å². The fraction of sp³-hybridized carbons (Fsp3) is 0.333. The van der Waals surface area contributed by atoms with Gasteiger partial charge in [0, 0.05) is 28.1 Å². The van der Waals surface area contributed by atoms with Gasteiger partial charge in [-0.3, -0.25) is 5.10 Å². The molecule has 0 saturated carbocycles. The molecule has 6 nitrogen and oxygen atoms in total. The highest BCUT2D eigenvalue weighted by molar-refractivity contribution is 5.99. The van der Waals surface area contributed by atoms with E-state index in [1.165, 1.54) is 6.07 Å². The van der Waals surface area contributed by atoms with Crippen molar-refractivity contribution in [2.75, 3.05) is 6.61 Å². The Hall–Kier alpha value is -3.19. The van der Waals surface area contributed by atoms with Gasteiger partial charge in [0.15, 0.2) is 6.10 Å². The molecule has 2 N–H and O–H groups in total. The second-order valence-electron chi connectivity index (χ2n) is 8.64. The number of rotatable bonds is 4. The molecule has 160 valence electrons. The molecule has 2 aromatic heterocycles. The Kier molecular flexibility index (Phi) is 4.59. The number of nitrogens with zero attached hydrogens (tertiary/aromatic N) is 2. The molecule has 5 rings (SSSR count). The minimum absolute atomic E-state index is 0.0378. The molecule has 0 aliphatic carbocycles. The number of carboxylic acid groups (broad SMARTS) is 1. The highest BCUT2D eigenvalue weighted by Crippen LogP contribution is 2.43. The van der Waals surface area contributed by atoms with Gasteiger partial charge in [0.2, 0.25) is 0 Å². The second kappa shape index (κ2) is 7.20. The summed E-state index contributed by atoms with van der Waals surface area (Å²) in [6, 6.07) is 9.32. The molecule has 0 bridgehead atoms. The van der Waals surface area contributed by atoms with Crippen LogP contribution in [0.2, 0.25) is 0 Å². The predicted octanol–water partition coefficient (Wildman–Crippen LogP) is 5.03. The number of carboxylic acids is 1. The topological polar surface area (TPSA) is 80.1 Å². The van der Waals surface area contributed by atoms with Crippen LogP contribution in [0.25, 0.3) is 27.5 Å². The number of aromatic nitrogens is 3. The molecule has 3 heterocycles. The Bertz CT molecular complexity index is 1320. The van der Waals surface area contributed by atoms with Gasteiger partial charge < -0.3 is 14.4 Å². The summed E-state index contributed by atoms with van der Waals surface area (Å²) < 4.78 is 21.8. The van der Waals surface area contributed by atoms with Crippen LogP contribution in [0.1, 0.15) is 48.9 Å². The molecule has 2 aromatic carbocycles. The van der Waals surface area contributed by atoms with E-state index in [-0.39, 0.29) is 17.7 Å². The number of hydrogen-bond donors (Lipinski definition) is 2. The zero-order valence-corrected chi connectivity index (χ0v) is 17.6. The Morgan fingerprint density at radius 1 is 1.32 bits per heavy atom. The first-order valence-electron chi connectivity index (χ1n) is 10.5. The van der Waals surface area contributed by atoms with Crippen molar-refractivity contribution >= 4 is 27.8 Å². The van der Waals surface area contributed by atoms with Gasteiger partial charge in [0.05, 0.1) is 23.8 Å². The van der Waals surface area contributed by atoms with Gasteiger partial charge in [-0.05, 0) is 60.7 Å². The average Bonchev–Trinajstić information content (AvgIpc) is 3.44. The van der Waals surface area contributed by atoms with Crippen LogP contribution in [-0.4, -0.2) is 38.6 Å². The van der Waals surface area contributed by atoms with E-state index in [9.17, 15) is 14.3 Å². The van der Waals surface area contributed by atoms with Crippen LogP contribution in [0.5, 0.6) is 0 Å². The van der Waals surface area contributed by atoms with Crippen molar-refractivity contribution in [3.8, 4) is 5.69 Å². The van der Waals surface area contributed by atoms with E-state index < -0.39 is 12.1 Å². The van der Waals surface area contributed by atoms with E-state index in [1.54, 1.807) is 19.2 Å². The number of hydrogen-bond acceptors (Lipinski definition) is 3. The fourth-order valence-corrected chi connectivity index (χ4v) is 4.81. The molecule has 0 unspecified atom stereocenters. The molecule has 7 heteroatoms. The van der Waals surface area contributed by atoms with Crippen LogP contribution >= 0.6 is 0 Å². The highest BCUT2D eigenvalue weighted by atomic mass is 19.1. The molecule has 1 aliphatic rings. The molecular weight excluding hydrogens is 397 g/mol. The normalized spacial score (nSPS) is 19.1. The molecule has 2 atom stereocenters. The van der Waals surface area contributed by atoms with Gasteiger partial charge in [-0.2, -0.15) is 5.10 Å². The molecule has 0 spiro atoms. The molecule has 31 heavy (non-hydrogen) atoms. The Balaban J connectivity index is 1.83. The number of aliphatic carboxylic acids is 1. The SMILES string of the molecule is Cc1cc(-n2c(C(C)C)c([C@@H]3CO[C@@H](C(=O)O)C3)c3cc4[nH]ncc4cc32)ccc1F. The third-order valence-electron chi connectivity index (χ3n) is 6.23. The minimum atomic E-state index is -0.928. The number of aryl methyl sites for hydroxylation is 1. The smallest absolute Gasteiger partial charge is 0.332 e. The van der Waals surface area contributed by atoms with E-state index in [4.69, 9.17) is 4.74 Å². The summed E-state index contributed by atoms with van der Waals surface area (Å²) in [7, 11) is 0. The van der Waals surface area contributed by atoms with E-state index in [1.807, 2.05) is 6.07 Å². The van der Waals surface area contributed by atoms with Gasteiger partial charge in [-0.25, -0.2) is 9.18 Å². The number of aromatic amines is 1. The zero-order valence-electron chi connectivity index (χ0n) is 17.6. The quantitative estimate of drug-likeness (QED) is 0.484. The zero-order chi connectivity index (χ0) is 21.9. The van der Waals surface area contributed by atoms with Crippen molar-refractivity contribution in [2.24, 2.45) is 0 Å². The standard InChI is InChI=1S/C24H24FN3O3/c1-12(2)23-22(15-8-21(24(29)30)31-11-15)17-9-19-14(10-26-27-19)7-20(17)28(23)16-4-5-18(25)13(3)6-16/h4-7,9-10,12,15,21H,8,11H2,1-3H3,(H,26,27)(H,29,30)/t15-,21+/m0/s1. The fourth-order valence-electron chi connectivity index (χ4n) is 4.81. The van der Waals surface area contributed by atoms with Crippen LogP contribution in [0.3, 0.4) is 0 Å². The van der Waals surface area contributed by atoms with Gasteiger partial charge in [-0.15, -0.1) is 0 Å². The highest BCUT2D eigenvalue weighted by Gasteiger charge is 2.36. The first kappa shape index (κ1) is 19.8. The van der Waals surface area contributed by atoms with E-state index in [2.05, 4.69) is 40.7 Å². The van der Waals surface area contributed by atoms with Crippen molar-refractivity contribution < 1.29 is 19.0 Å². The number of fused-ring (bicyclic) bond motifs is 2.